The highest BCUT2D eigenvalue weighted by molar-refractivity contribution is 5.73. The molecule has 1 aromatic rings. The van der Waals surface area contributed by atoms with Crippen molar-refractivity contribution >= 4 is 6.03 Å². The lowest BCUT2D eigenvalue weighted by Crippen LogP contribution is -2.37. The summed E-state index contributed by atoms with van der Waals surface area (Å²) in [5.74, 6) is 0.515. The Hall–Kier alpha value is -1.58. The van der Waals surface area contributed by atoms with Crippen molar-refractivity contribution in [2.75, 3.05) is 13.6 Å². The van der Waals surface area contributed by atoms with Crippen LogP contribution in [0, 0.1) is 11.7 Å². The van der Waals surface area contributed by atoms with Gasteiger partial charge in [-0.05, 0) is 30.0 Å². The molecule has 20 heavy (non-hydrogen) atoms. The number of carbonyl (C=O) groups excluding carboxylic acids is 1. The third kappa shape index (κ3) is 4.51. The van der Waals surface area contributed by atoms with Crippen LogP contribution < -0.4 is 5.32 Å². The third-order valence-corrected chi connectivity index (χ3v) is 3.96. The van der Waals surface area contributed by atoms with Gasteiger partial charge in [-0.3, -0.25) is 0 Å². The first-order valence-electron chi connectivity index (χ1n) is 7.38. The van der Waals surface area contributed by atoms with Crippen molar-refractivity contribution in [3.63, 3.8) is 0 Å². The van der Waals surface area contributed by atoms with Crippen LogP contribution in [0.25, 0.3) is 0 Å². The average Bonchev–Trinajstić information content (AvgIpc) is 2.91. The zero-order chi connectivity index (χ0) is 14.4. The number of halogens is 1. The van der Waals surface area contributed by atoms with Crippen molar-refractivity contribution in [3.8, 4) is 0 Å². The molecule has 2 rings (SSSR count). The standard InChI is InChI=1S/C16H23FN2O/c1-19(12-14-7-4-8-15(17)11-14)16(20)18-10-9-13-5-2-3-6-13/h4,7-8,11,13H,2-3,5-6,9-10,12H2,1H3,(H,18,20). The minimum Gasteiger partial charge on any atom is -0.338 e. The smallest absolute Gasteiger partial charge is 0.317 e. The van der Waals surface area contributed by atoms with E-state index in [1.807, 2.05) is 6.07 Å². The van der Waals surface area contributed by atoms with Crippen LogP contribution in [0.15, 0.2) is 24.3 Å². The molecule has 0 atom stereocenters. The van der Waals surface area contributed by atoms with Crippen LogP contribution >= 0.6 is 0 Å². The second kappa shape index (κ2) is 7.27. The molecule has 0 aliphatic heterocycles. The van der Waals surface area contributed by atoms with E-state index in [0.29, 0.717) is 6.54 Å². The SMILES string of the molecule is CN(Cc1cccc(F)c1)C(=O)NCCC1CCCC1. The Kier molecular flexibility index (Phi) is 5.39. The number of rotatable bonds is 5. The van der Waals surface area contributed by atoms with Crippen LogP contribution in [0.4, 0.5) is 9.18 Å². The van der Waals surface area contributed by atoms with E-state index < -0.39 is 0 Å². The predicted molar refractivity (Wildman–Crippen MR) is 77.8 cm³/mol. The zero-order valence-electron chi connectivity index (χ0n) is 12.1. The van der Waals surface area contributed by atoms with Crippen LogP contribution in [0.2, 0.25) is 0 Å². The molecule has 0 spiro atoms. The lowest BCUT2D eigenvalue weighted by Gasteiger charge is -2.19. The molecule has 0 saturated heterocycles. The average molecular weight is 278 g/mol. The molecule has 4 heteroatoms. The van der Waals surface area contributed by atoms with E-state index in [1.54, 1.807) is 18.0 Å². The van der Waals surface area contributed by atoms with Gasteiger partial charge in [-0.2, -0.15) is 0 Å². The molecule has 110 valence electrons. The summed E-state index contributed by atoms with van der Waals surface area (Å²) in [6.07, 6.45) is 6.33. The Morgan fingerprint density at radius 2 is 2.15 bits per heavy atom. The molecule has 1 saturated carbocycles. The van der Waals surface area contributed by atoms with E-state index in [9.17, 15) is 9.18 Å². The maximum atomic E-state index is 13.1. The molecular weight excluding hydrogens is 255 g/mol. The molecule has 2 amide bonds. The molecule has 1 N–H and O–H groups in total. The predicted octanol–water partition coefficient (Wildman–Crippen LogP) is 3.55. The summed E-state index contributed by atoms with van der Waals surface area (Å²) in [6, 6.07) is 6.27. The van der Waals surface area contributed by atoms with E-state index in [1.165, 1.54) is 37.8 Å². The molecule has 3 nitrogen and oxygen atoms in total. The first kappa shape index (κ1) is 14.8. The van der Waals surface area contributed by atoms with Crippen LogP contribution in [-0.4, -0.2) is 24.5 Å². The summed E-state index contributed by atoms with van der Waals surface area (Å²) in [7, 11) is 1.73. The molecule has 1 aliphatic rings. The fraction of sp³-hybridized carbons (Fsp3) is 0.562. The van der Waals surface area contributed by atoms with Gasteiger partial charge < -0.3 is 10.2 Å². The fourth-order valence-corrected chi connectivity index (χ4v) is 2.80. The normalized spacial score (nSPS) is 15.3. The van der Waals surface area contributed by atoms with Crippen molar-refractivity contribution < 1.29 is 9.18 Å². The van der Waals surface area contributed by atoms with Crippen molar-refractivity contribution in [1.29, 1.82) is 0 Å². The fourth-order valence-electron chi connectivity index (χ4n) is 2.80. The largest absolute Gasteiger partial charge is 0.338 e. The number of urea groups is 1. The number of benzene rings is 1. The van der Waals surface area contributed by atoms with Gasteiger partial charge in [-0.1, -0.05) is 37.8 Å². The number of nitrogens with one attached hydrogen (secondary N) is 1. The quantitative estimate of drug-likeness (QED) is 0.877. The van der Waals surface area contributed by atoms with Gasteiger partial charge in [0.2, 0.25) is 0 Å². The maximum absolute atomic E-state index is 13.1. The van der Waals surface area contributed by atoms with Gasteiger partial charge in [0.1, 0.15) is 5.82 Å². The Bertz CT molecular complexity index is 444. The summed E-state index contributed by atoms with van der Waals surface area (Å²) in [5, 5.41) is 2.94. The topological polar surface area (TPSA) is 32.3 Å². The molecule has 1 aromatic carbocycles. The Balaban J connectivity index is 1.71. The van der Waals surface area contributed by atoms with Gasteiger partial charge in [0, 0.05) is 20.1 Å². The zero-order valence-corrected chi connectivity index (χ0v) is 12.1. The summed E-state index contributed by atoms with van der Waals surface area (Å²) < 4.78 is 13.1. The lowest BCUT2D eigenvalue weighted by molar-refractivity contribution is 0.206. The number of hydrogen-bond acceptors (Lipinski definition) is 1. The first-order valence-corrected chi connectivity index (χ1v) is 7.38. The van der Waals surface area contributed by atoms with Gasteiger partial charge in [0.25, 0.3) is 0 Å². The Morgan fingerprint density at radius 3 is 2.85 bits per heavy atom. The van der Waals surface area contributed by atoms with Crippen molar-refractivity contribution in [2.45, 2.75) is 38.6 Å². The molecule has 0 aromatic heterocycles. The number of nitrogens with zero attached hydrogens (tertiary/aromatic N) is 1. The first-order chi connectivity index (χ1) is 9.65. The minimum atomic E-state index is -0.266. The lowest BCUT2D eigenvalue weighted by atomic mass is 10.0. The highest BCUT2D eigenvalue weighted by Gasteiger charge is 2.15. The second-order valence-corrected chi connectivity index (χ2v) is 5.66. The maximum Gasteiger partial charge on any atom is 0.317 e. The summed E-state index contributed by atoms with van der Waals surface area (Å²) in [4.78, 5) is 13.5. The van der Waals surface area contributed by atoms with E-state index in [0.717, 1.165) is 24.4 Å². The van der Waals surface area contributed by atoms with Gasteiger partial charge in [0.15, 0.2) is 0 Å². The molecule has 0 radical (unpaired) electrons. The van der Waals surface area contributed by atoms with E-state index >= 15 is 0 Å². The monoisotopic (exact) mass is 278 g/mol. The second-order valence-electron chi connectivity index (χ2n) is 5.66. The highest BCUT2D eigenvalue weighted by Crippen LogP contribution is 2.26. The van der Waals surface area contributed by atoms with Crippen LogP contribution in [0.1, 0.15) is 37.7 Å². The molecule has 0 heterocycles. The highest BCUT2D eigenvalue weighted by atomic mass is 19.1. The van der Waals surface area contributed by atoms with Gasteiger partial charge in [0.05, 0.1) is 0 Å². The van der Waals surface area contributed by atoms with Gasteiger partial charge >= 0.3 is 6.03 Å². The van der Waals surface area contributed by atoms with Crippen LogP contribution in [0.5, 0.6) is 0 Å². The Morgan fingerprint density at radius 1 is 1.40 bits per heavy atom. The Labute approximate surface area is 120 Å². The number of hydrogen-bond donors (Lipinski definition) is 1. The van der Waals surface area contributed by atoms with E-state index in [4.69, 9.17) is 0 Å². The molecular formula is C16H23FN2O. The number of amides is 2. The summed E-state index contributed by atoms with van der Waals surface area (Å²) in [6.45, 7) is 1.16. The molecule has 0 bridgehead atoms. The third-order valence-electron chi connectivity index (χ3n) is 3.96. The van der Waals surface area contributed by atoms with Crippen LogP contribution in [0.3, 0.4) is 0 Å². The van der Waals surface area contributed by atoms with Gasteiger partial charge in [-0.25, -0.2) is 9.18 Å². The summed E-state index contributed by atoms with van der Waals surface area (Å²) >= 11 is 0. The van der Waals surface area contributed by atoms with Crippen molar-refractivity contribution in [3.05, 3.63) is 35.6 Å². The summed E-state index contributed by atoms with van der Waals surface area (Å²) in [5.41, 5.74) is 0.804. The van der Waals surface area contributed by atoms with E-state index in [-0.39, 0.29) is 11.8 Å². The molecule has 1 aliphatic carbocycles. The van der Waals surface area contributed by atoms with Gasteiger partial charge in [-0.15, -0.1) is 0 Å². The van der Waals surface area contributed by atoms with E-state index in [2.05, 4.69) is 5.32 Å². The van der Waals surface area contributed by atoms with Crippen molar-refractivity contribution in [2.24, 2.45) is 5.92 Å². The van der Waals surface area contributed by atoms with Crippen LogP contribution in [-0.2, 0) is 6.54 Å². The number of carbonyl (C=O) groups is 1. The minimum absolute atomic E-state index is 0.0905. The molecule has 1 fully saturated rings. The van der Waals surface area contributed by atoms with Crippen molar-refractivity contribution in [1.82, 2.24) is 10.2 Å². The molecule has 0 unspecified atom stereocenters.